The van der Waals surface area contributed by atoms with Gasteiger partial charge < -0.3 is 10.6 Å². The van der Waals surface area contributed by atoms with E-state index in [4.69, 9.17) is 0 Å². The van der Waals surface area contributed by atoms with E-state index >= 15 is 0 Å². The molecule has 0 spiro atoms. The molecule has 0 atom stereocenters. The zero-order valence-corrected chi connectivity index (χ0v) is 15.6. The quantitative estimate of drug-likeness (QED) is 0.664. The fourth-order valence-electron chi connectivity index (χ4n) is 2.51. The Morgan fingerprint density at radius 3 is 2.48 bits per heavy atom. The van der Waals surface area contributed by atoms with Crippen LogP contribution in [0.2, 0.25) is 0 Å². The number of hydrogen-bond donors (Lipinski definition) is 2. The Kier molecular flexibility index (Phi) is 4.86. The van der Waals surface area contributed by atoms with Crippen molar-refractivity contribution in [2.24, 2.45) is 0 Å². The zero-order chi connectivity index (χ0) is 18.0. The Bertz CT molecular complexity index is 930. The Balaban J connectivity index is 1.77. The number of anilines is 3. The molecule has 3 rings (SSSR count). The monoisotopic (exact) mass is 351 g/mol. The van der Waals surface area contributed by atoms with Crippen LogP contribution in [-0.2, 0) is 0 Å². The molecule has 0 unspecified atom stereocenters. The van der Waals surface area contributed by atoms with Crippen molar-refractivity contribution < 1.29 is 4.79 Å². The van der Waals surface area contributed by atoms with Crippen molar-refractivity contribution in [2.45, 2.75) is 27.7 Å². The molecule has 0 aliphatic heterocycles. The minimum Gasteiger partial charge on any atom is -0.332 e. The van der Waals surface area contributed by atoms with Crippen LogP contribution in [0.25, 0.3) is 0 Å². The fraction of sp³-hybridized carbons (Fsp3) is 0.200. The molecule has 2 N–H and O–H groups in total. The molecule has 0 fully saturated rings. The van der Waals surface area contributed by atoms with Gasteiger partial charge in [0.1, 0.15) is 4.88 Å². The average Bonchev–Trinajstić information content (AvgIpc) is 2.91. The highest BCUT2D eigenvalue weighted by Crippen LogP contribution is 2.27. The van der Waals surface area contributed by atoms with Gasteiger partial charge in [0.15, 0.2) is 5.13 Å². The molecule has 0 aliphatic rings. The summed E-state index contributed by atoms with van der Waals surface area (Å²) in [5, 5.41) is 6.94. The molecule has 1 aromatic heterocycles. The van der Waals surface area contributed by atoms with Gasteiger partial charge in [-0.25, -0.2) is 4.98 Å². The lowest BCUT2D eigenvalue weighted by atomic mass is 10.1. The van der Waals surface area contributed by atoms with Crippen LogP contribution in [0.1, 0.15) is 32.1 Å². The molecular weight excluding hydrogens is 330 g/mol. The first kappa shape index (κ1) is 17.2. The molecule has 0 radical (unpaired) electrons. The summed E-state index contributed by atoms with van der Waals surface area (Å²) < 4.78 is 0. The summed E-state index contributed by atoms with van der Waals surface area (Å²) in [5.74, 6) is -0.129. The van der Waals surface area contributed by atoms with Crippen molar-refractivity contribution in [2.75, 3.05) is 10.6 Å². The summed E-state index contributed by atoms with van der Waals surface area (Å²) in [5.41, 5.74) is 6.02. The lowest BCUT2D eigenvalue weighted by Gasteiger charge is -2.06. The predicted octanol–water partition coefficient (Wildman–Crippen LogP) is 5.37. The first-order valence-corrected chi connectivity index (χ1v) is 8.94. The fourth-order valence-corrected chi connectivity index (χ4v) is 3.40. The molecular formula is C20H21N3OS. The molecule has 0 bridgehead atoms. The van der Waals surface area contributed by atoms with Gasteiger partial charge in [0, 0.05) is 11.4 Å². The SMILES string of the molecule is Cc1cccc(Nc2nc(C)c(C(=O)Nc3ccc(C)c(C)c3)s2)c1. The van der Waals surface area contributed by atoms with Crippen molar-refractivity contribution >= 4 is 33.8 Å². The molecule has 5 heteroatoms. The summed E-state index contributed by atoms with van der Waals surface area (Å²) in [6, 6.07) is 14.0. The van der Waals surface area contributed by atoms with Gasteiger partial charge in [-0.15, -0.1) is 0 Å². The number of nitrogens with one attached hydrogen (secondary N) is 2. The summed E-state index contributed by atoms with van der Waals surface area (Å²) in [4.78, 5) is 17.7. The second kappa shape index (κ2) is 7.07. The van der Waals surface area contributed by atoms with Crippen molar-refractivity contribution in [3.05, 3.63) is 69.7 Å². The number of carbonyl (C=O) groups excluding carboxylic acids is 1. The van der Waals surface area contributed by atoms with Gasteiger partial charge in [0.25, 0.3) is 5.91 Å². The van der Waals surface area contributed by atoms with Crippen molar-refractivity contribution in [1.82, 2.24) is 4.98 Å². The third-order valence-electron chi connectivity index (χ3n) is 4.04. The molecule has 0 saturated carbocycles. The molecule has 128 valence electrons. The van der Waals surface area contributed by atoms with E-state index < -0.39 is 0 Å². The Hall–Kier alpha value is -2.66. The molecule has 1 amide bonds. The first-order chi connectivity index (χ1) is 11.9. The van der Waals surface area contributed by atoms with Crippen LogP contribution < -0.4 is 10.6 Å². The topological polar surface area (TPSA) is 54.0 Å². The van der Waals surface area contributed by atoms with Gasteiger partial charge in [-0.3, -0.25) is 4.79 Å². The number of carbonyl (C=O) groups is 1. The number of rotatable bonds is 4. The maximum atomic E-state index is 12.6. The molecule has 4 nitrogen and oxygen atoms in total. The van der Waals surface area contributed by atoms with E-state index in [2.05, 4.69) is 22.5 Å². The Labute approximate surface area is 151 Å². The second-order valence-electron chi connectivity index (χ2n) is 6.18. The Morgan fingerprint density at radius 1 is 0.960 bits per heavy atom. The number of benzene rings is 2. The number of aryl methyl sites for hydroxylation is 4. The summed E-state index contributed by atoms with van der Waals surface area (Å²) in [6.45, 7) is 7.98. The van der Waals surface area contributed by atoms with Gasteiger partial charge in [-0.05, 0) is 68.7 Å². The highest BCUT2D eigenvalue weighted by molar-refractivity contribution is 7.17. The van der Waals surface area contributed by atoms with E-state index in [9.17, 15) is 4.79 Å². The maximum absolute atomic E-state index is 12.6. The zero-order valence-electron chi connectivity index (χ0n) is 14.8. The molecule has 1 heterocycles. The standard InChI is InChI=1S/C20H21N3OS/c1-12-6-5-7-16(10-12)23-20-21-15(4)18(25-20)19(24)22-17-9-8-13(2)14(3)11-17/h5-11H,1-4H3,(H,21,23)(H,22,24). The average molecular weight is 351 g/mol. The van der Waals surface area contributed by atoms with Gasteiger partial charge in [-0.2, -0.15) is 0 Å². The number of nitrogens with zero attached hydrogens (tertiary/aromatic N) is 1. The number of thiazole rings is 1. The molecule has 2 aromatic carbocycles. The number of hydrogen-bond acceptors (Lipinski definition) is 4. The second-order valence-corrected chi connectivity index (χ2v) is 7.18. The van der Waals surface area contributed by atoms with Crippen LogP contribution >= 0.6 is 11.3 Å². The van der Waals surface area contributed by atoms with Crippen molar-refractivity contribution in [3.63, 3.8) is 0 Å². The largest absolute Gasteiger partial charge is 0.332 e. The van der Waals surface area contributed by atoms with Crippen molar-refractivity contribution in [1.29, 1.82) is 0 Å². The molecule has 0 saturated heterocycles. The van der Waals surface area contributed by atoms with E-state index in [1.807, 2.05) is 63.2 Å². The van der Waals surface area contributed by atoms with E-state index in [1.165, 1.54) is 22.5 Å². The van der Waals surface area contributed by atoms with Crippen LogP contribution in [0, 0.1) is 27.7 Å². The smallest absolute Gasteiger partial charge is 0.267 e. The van der Waals surface area contributed by atoms with Gasteiger partial charge in [0.05, 0.1) is 5.69 Å². The Morgan fingerprint density at radius 2 is 1.76 bits per heavy atom. The molecule has 0 aliphatic carbocycles. The summed E-state index contributed by atoms with van der Waals surface area (Å²) in [6.07, 6.45) is 0. The highest BCUT2D eigenvalue weighted by atomic mass is 32.1. The minimum absolute atomic E-state index is 0.129. The van der Waals surface area contributed by atoms with Gasteiger partial charge in [-0.1, -0.05) is 29.5 Å². The van der Waals surface area contributed by atoms with Crippen LogP contribution in [0.3, 0.4) is 0 Å². The van der Waals surface area contributed by atoms with Crippen LogP contribution in [0.4, 0.5) is 16.5 Å². The van der Waals surface area contributed by atoms with Crippen LogP contribution in [0.5, 0.6) is 0 Å². The first-order valence-electron chi connectivity index (χ1n) is 8.12. The number of aromatic nitrogens is 1. The summed E-state index contributed by atoms with van der Waals surface area (Å²) >= 11 is 1.36. The highest BCUT2D eigenvalue weighted by Gasteiger charge is 2.16. The van der Waals surface area contributed by atoms with E-state index in [-0.39, 0.29) is 5.91 Å². The van der Waals surface area contributed by atoms with E-state index in [0.29, 0.717) is 10.0 Å². The van der Waals surface area contributed by atoms with E-state index in [0.717, 1.165) is 22.6 Å². The predicted molar refractivity (Wildman–Crippen MR) is 105 cm³/mol. The van der Waals surface area contributed by atoms with Crippen molar-refractivity contribution in [3.8, 4) is 0 Å². The summed E-state index contributed by atoms with van der Waals surface area (Å²) in [7, 11) is 0. The third-order valence-corrected chi connectivity index (χ3v) is 5.11. The van der Waals surface area contributed by atoms with Crippen LogP contribution in [-0.4, -0.2) is 10.9 Å². The van der Waals surface area contributed by atoms with E-state index in [1.54, 1.807) is 0 Å². The lowest BCUT2D eigenvalue weighted by Crippen LogP contribution is -2.11. The van der Waals surface area contributed by atoms with Crippen LogP contribution in [0.15, 0.2) is 42.5 Å². The normalized spacial score (nSPS) is 10.6. The molecule has 3 aromatic rings. The minimum atomic E-state index is -0.129. The lowest BCUT2D eigenvalue weighted by molar-refractivity contribution is 0.103. The number of amides is 1. The molecule has 25 heavy (non-hydrogen) atoms. The van der Waals surface area contributed by atoms with Gasteiger partial charge in [0.2, 0.25) is 0 Å². The third kappa shape index (κ3) is 4.06. The van der Waals surface area contributed by atoms with Gasteiger partial charge >= 0.3 is 0 Å². The maximum Gasteiger partial charge on any atom is 0.267 e.